The molecule has 4 heteroatoms. The summed E-state index contributed by atoms with van der Waals surface area (Å²) in [7, 11) is 3.40. The van der Waals surface area contributed by atoms with Gasteiger partial charge in [-0.05, 0) is 48.6 Å². The van der Waals surface area contributed by atoms with Crippen LogP contribution in [0.25, 0.3) is 0 Å². The second-order valence-corrected chi connectivity index (χ2v) is 7.58. The van der Waals surface area contributed by atoms with Gasteiger partial charge in [0.25, 0.3) is 0 Å². The molecule has 2 aromatic carbocycles. The van der Waals surface area contributed by atoms with Gasteiger partial charge >= 0.3 is 0 Å². The van der Waals surface area contributed by atoms with Gasteiger partial charge in [-0.1, -0.05) is 29.8 Å². The Morgan fingerprint density at radius 2 is 1.73 bits per heavy atom. The van der Waals surface area contributed by atoms with Crippen molar-refractivity contribution in [2.45, 2.75) is 37.8 Å². The molecule has 138 valence electrons. The molecular weight excluding hydrogens is 324 g/mol. The number of ether oxygens (including phenoxy) is 2. The van der Waals surface area contributed by atoms with Gasteiger partial charge in [0, 0.05) is 31.1 Å². The number of methoxy groups -OCH3 is 2. The minimum absolute atomic E-state index is 0.165. The first-order valence-electron chi connectivity index (χ1n) is 9.41. The van der Waals surface area contributed by atoms with Gasteiger partial charge in [-0.15, -0.1) is 0 Å². The van der Waals surface area contributed by atoms with Gasteiger partial charge < -0.3 is 15.2 Å². The third-order valence-electron chi connectivity index (χ3n) is 6.06. The van der Waals surface area contributed by atoms with Crippen molar-refractivity contribution in [2.75, 3.05) is 27.3 Å². The number of fused-ring (bicyclic) bond motifs is 3. The minimum Gasteiger partial charge on any atom is -0.493 e. The summed E-state index contributed by atoms with van der Waals surface area (Å²) in [5.41, 5.74) is 12.0. The van der Waals surface area contributed by atoms with Crippen LogP contribution in [0.3, 0.4) is 0 Å². The highest BCUT2D eigenvalue weighted by molar-refractivity contribution is 5.50. The lowest BCUT2D eigenvalue weighted by molar-refractivity contribution is 0.109. The molecule has 2 N–H and O–H groups in total. The Hall–Kier alpha value is -2.04. The largest absolute Gasteiger partial charge is 0.493 e. The van der Waals surface area contributed by atoms with E-state index in [1.54, 1.807) is 14.2 Å². The first-order chi connectivity index (χ1) is 12.6. The third kappa shape index (κ3) is 2.97. The van der Waals surface area contributed by atoms with Crippen molar-refractivity contribution in [3.05, 3.63) is 58.7 Å². The second kappa shape index (κ2) is 6.93. The molecule has 3 atom stereocenters. The predicted octanol–water partition coefficient (Wildman–Crippen LogP) is 3.43. The molecule has 26 heavy (non-hydrogen) atoms. The monoisotopic (exact) mass is 352 g/mol. The van der Waals surface area contributed by atoms with Crippen molar-refractivity contribution >= 4 is 0 Å². The summed E-state index contributed by atoms with van der Waals surface area (Å²) in [5.74, 6) is 2.02. The molecule has 1 saturated heterocycles. The van der Waals surface area contributed by atoms with Gasteiger partial charge in [-0.2, -0.15) is 0 Å². The number of hydrogen-bond donors (Lipinski definition) is 1. The zero-order chi connectivity index (χ0) is 18.3. The van der Waals surface area contributed by atoms with Gasteiger partial charge in [0.05, 0.1) is 14.2 Å². The van der Waals surface area contributed by atoms with E-state index in [2.05, 4.69) is 48.2 Å². The number of benzene rings is 2. The number of piperidine rings is 1. The summed E-state index contributed by atoms with van der Waals surface area (Å²) >= 11 is 0. The Morgan fingerprint density at radius 1 is 1.04 bits per heavy atom. The summed E-state index contributed by atoms with van der Waals surface area (Å²) in [6.45, 7) is 4.22. The third-order valence-corrected chi connectivity index (χ3v) is 6.06. The maximum absolute atomic E-state index is 6.66. The highest BCUT2D eigenvalue weighted by atomic mass is 16.5. The van der Waals surface area contributed by atoms with Crippen LogP contribution in [0.1, 0.15) is 40.6 Å². The van der Waals surface area contributed by atoms with E-state index in [0.29, 0.717) is 12.0 Å². The van der Waals surface area contributed by atoms with Crippen LogP contribution in [0.4, 0.5) is 0 Å². The first kappa shape index (κ1) is 17.4. The molecule has 0 unspecified atom stereocenters. The molecule has 2 aromatic rings. The van der Waals surface area contributed by atoms with Crippen LogP contribution in [-0.2, 0) is 6.42 Å². The fourth-order valence-electron chi connectivity index (χ4n) is 4.55. The van der Waals surface area contributed by atoms with Crippen molar-refractivity contribution in [1.82, 2.24) is 4.90 Å². The highest BCUT2D eigenvalue weighted by Gasteiger charge is 2.38. The molecule has 2 heterocycles. The Labute approximate surface area is 155 Å². The average molecular weight is 352 g/mol. The molecule has 4 rings (SSSR count). The van der Waals surface area contributed by atoms with Gasteiger partial charge in [0.2, 0.25) is 0 Å². The number of nitrogens with zero attached hydrogens (tertiary/aromatic N) is 1. The van der Waals surface area contributed by atoms with Crippen LogP contribution in [0.2, 0.25) is 0 Å². The van der Waals surface area contributed by atoms with E-state index >= 15 is 0 Å². The lowest BCUT2D eigenvalue weighted by Gasteiger charge is -2.46. The Balaban J connectivity index is 1.63. The molecule has 0 radical (unpaired) electrons. The van der Waals surface area contributed by atoms with Crippen LogP contribution < -0.4 is 15.2 Å². The van der Waals surface area contributed by atoms with E-state index in [0.717, 1.165) is 37.4 Å². The maximum atomic E-state index is 6.66. The normalized spacial score (nSPS) is 25.3. The molecule has 0 saturated carbocycles. The first-order valence-corrected chi connectivity index (χ1v) is 9.41. The van der Waals surface area contributed by atoms with E-state index in [9.17, 15) is 0 Å². The van der Waals surface area contributed by atoms with Crippen LogP contribution >= 0.6 is 0 Å². The summed E-state index contributed by atoms with van der Waals surface area (Å²) in [6.07, 6.45) is 2.02. The Kier molecular flexibility index (Phi) is 4.63. The molecule has 4 nitrogen and oxygen atoms in total. The Morgan fingerprint density at radius 3 is 2.42 bits per heavy atom. The second-order valence-electron chi connectivity index (χ2n) is 7.58. The van der Waals surface area contributed by atoms with E-state index in [-0.39, 0.29) is 6.04 Å². The van der Waals surface area contributed by atoms with Crippen molar-refractivity contribution in [3.63, 3.8) is 0 Å². The smallest absolute Gasteiger partial charge is 0.161 e. The molecule has 0 amide bonds. The summed E-state index contributed by atoms with van der Waals surface area (Å²) in [5, 5.41) is 0. The molecule has 2 aliphatic heterocycles. The minimum atomic E-state index is 0.165. The molecule has 0 aliphatic carbocycles. The molecule has 0 aromatic heterocycles. The SMILES string of the molecule is COc1cc2c(cc1OC)[C@H]1C[C@@H](N)[C@H](c3ccc(C)cc3)CN1CC2. The standard InChI is InChI=1S/C22H28N2O2/c1-14-4-6-15(7-5-14)18-13-24-9-8-16-10-21(25-2)22(26-3)11-17(16)20(24)12-19(18)23/h4-7,10-11,18-20H,8-9,12-13,23H2,1-3H3/t18-,19+,20+/m0/s1. The zero-order valence-corrected chi connectivity index (χ0v) is 15.9. The maximum Gasteiger partial charge on any atom is 0.161 e. The van der Waals surface area contributed by atoms with Crippen molar-refractivity contribution in [1.29, 1.82) is 0 Å². The van der Waals surface area contributed by atoms with Crippen LogP contribution in [0.15, 0.2) is 36.4 Å². The molecule has 0 bridgehead atoms. The van der Waals surface area contributed by atoms with Crippen molar-refractivity contribution in [3.8, 4) is 11.5 Å². The van der Waals surface area contributed by atoms with Crippen molar-refractivity contribution in [2.24, 2.45) is 5.73 Å². The molecule has 1 fully saturated rings. The quantitative estimate of drug-likeness (QED) is 0.919. The molecule has 2 aliphatic rings. The molecular formula is C22H28N2O2. The predicted molar refractivity (Wildman–Crippen MR) is 104 cm³/mol. The fourth-order valence-corrected chi connectivity index (χ4v) is 4.55. The van der Waals surface area contributed by atoms with Gasteiger partial charge in [0.1, 0.15) is 0 Å². The lowest BCUT2D eigenvalue weighted by Crippen LogP contribution is -2.49. The van der Waals surface area contributed by atoms with Crippen LogP contribution in [0, 0.1) is 6.92 Å². The van der Waals surface area contributed by atoms with E-state index < -0.39 is 0 Å². The van der Waals surface area contributed by atoms with Crippen LogP contribution in [0.5, 0.6) is 11.5 Å². The lowest BCUT2D eigenvalue weighted by atomic mass is 9.78. The van der Waals surface area contributed by atoms with Crippen LogP contribution in [-0.4, -0.2) is 38.3 Å². The van der Waals surface area contributed by atoms with E-state index in [1.165, 1.54) is 22.3 Å². The highest BCUT2D eigenvalue weighted by Crippen LogP contribution is 2.44. The number of hydrogen-bond acceptors (Lipinski definition) is 4. The molecule has 0 spiro atoms. The van der Waals surface area contributed by atoms with Gasteiger partial charge in [-0.3, -0.25) is 4.90 Å². The van der Waals surface area contributed by atoms with Crippen molar-refractivity contribution < 1.29 is 9.47 Å². The van der Waals surface area contributed by atoms with E-state index in [1.807, 2.05) is 0 Å². The Bertz CT molecular complexity index is 787. The zero-order valence-electron chi connectivity index (χ0n) is 15.9. The van der Waals surface area contributed by atoms with Gasteiger partial charge in [-0.25, -0.2) is 0 Å². The summed E-state index contributed by atoms with van der Waals surface area (Å²) in [6, 6.07) is 13.7. The topological polar surface area (TPSA) is 47.7 Å². The summed E-state index contributed by atoms with van der Waals surface area (Å²) in [4.78, 5) is 2.60. The number of rotatable bonds is 3. The fraction of sp³-hybridized carbons (Fsp3) is 0.455. The van der Waals surface area contributed by atoms with Gasteiger partial charge in [0.15, 0.2) is 11.5 Å². The summed E-state index contributed by atoms with van der Waals surface area (Å²) < 4.78 is 11.0. The number of aryl methyl sites for hydroxylation is 1. The number of nitrogens with two attached hydrogens (primary N) is 1. The van der Waals surface area contributed by atoms with E-state index in [4.69, 9.17) is 15.2 Å². The average Bonchev–Trinajstić information content (AvgIpc) is 2.67.